The van der Waals surface area contributed by atoms with Gasteiger partial charge in [0.2, 0.25) is 10.0 Å². The summed E-state index contributed by atoms with van der Waals surface area (Å²) in [6, 6.07) is 15.6. The summed E-state index contributed by atoms with van der Waals surface area (Å²) >= 11 is 0. The van der Waals surface area contributed by atoms with Crippen molar-refractivity contribution in [3.05, 3.63) is 65.7 Å². The van der Waals surface area contributed by atoms with Gasteiger partial charge in [0.15, 0.2) is 0 Å². The summed E-state index contributed by atoms with van der Waals surface area (Å²) in [5, 5.41) is 3.35. The zero-order valence-corrected chi connectivity index (χ0v) is 15.8. The summed E-state index contributed by atoms with van der Waals surface area (Å²) in [4.78, 5) is 14.8. The molecule has 0 saturated carbocycles. The molecule has 2 aliphatic heterocycles. The molecular weight excluding hydrogens is 362 g/mol. The van der Waals surface area contributed by atoms with Gasteiger partial charge in [0.05, 0.1) is 4.90 Å². The van der Waals surface area contributed by atoms with E-state index in [9.17, 15) is 13.2 Å². The molecule has 0 unspecified atom stereocenters. The average molecular weight is 385 g/mol. The van der Waals surface area contributed by atoms with E-state index in [0.717, 1.165) is 31.7 Å². The molecule has 0 aromatic heterocycles. The molecule has 2 atom stereocenters. The van der Waals surface area contributed by atoms with Crippen molar-refractivity contribution in [3.63, 3.8) is 0 Å². The van der Waals surface area contributed by atoms with Crippen molar-refractivity contribution in [3.8, 4) is 0 Å². The first-order valence-corrected chi connectivity index (χ1v) is 10.6. The molecule has 2 aromatic rings. The molecule has 0 aliphatic carbocycles. The van der Waals surface area contributed by atoms with Crippen LogP contribution in [0.5, 0.6) is 0 Å². The minimum absolute atomic E-state index is 0.0930. The standard InChI is InChI=1S/C20H23N3O3S/c24-20(23-13-17-11-21-12-18(17)14-23)16-7-4-8-19(9-16)27(25,26)22-10-15-5-2-1-3-6-15/h1-9,17-18,21-22H,10-14H2/t17-,18+. The number of rotatable bonds is 5. The summed E-state index contributed by atoms with van der Waals surface area (Å²) < 4.78 is 27.8. The Kier molecular flexibility index (Phi) is 4.99. The third kappa shape index (κ3) is 3.90. The highest BCUT2D eigenvalue weighted by Gasteiger charge is 2.38. The molecule has 0 bridgehead atoms. The zero-order chi connectivity index (χ0) is 18.9. The fourth-order valence-electron chi connectivity index (χ4n) is 3.86. The Labute approximate surface area is 159 Å². The van der Waals surface area contributed by atoms with E-state index >= 15 is 0 Å². The molecule has 1 amide bonds. The van der Waals surface area contributed by atoms with Gasteiger partial charge in [0.1, 0.15) is 0 Å². The van der Waals surface area contributed by atoms with Crippen molar-refractivity contribution in [2.45, 2.75) is 11.4 Å². The molecule has 2 N–H and O–H groups in total. The van der Waals surface area contributed by atoms with Crippen LogP contribution in [0.2, 0.25) is 0 Å². The molecule has 0 radical (unpaired) electrons. The molecule has 2 aliphatic rings. The third-order valence-corrected chi connectivity index (χ3v) is 6.78. The van der Waals surface area contributed by atoms with Gasteiger partial charge in [-0.25, -0.2) is 13.1 Å². The number of hydrogen-bond donors (Lipinski definition) is 2. The highest BCUT2D eigenvalue weighted by atomic mass is 32.2. The number of likely N-dealkylation sites (tertiary alicyclic amines) is 1. The van der Waals surface area contributed by atoms with Crippen LogP contribution in [-0.2, 0) is 16.6 Å². The van der Waals surface area contributed by atoms with E-state index in [-0.39, 0.29) is 17.3 Å². The van der Waals surface area contributed by atoms with E-state index in [2.05, 4.69) is 10.0 Å². The van der Waals surface area contributed by atoms with E-state index in [1.54, 1.807) is 12.1 Å². The summed E-state index contributed by atoms with van der Waals surface area (Å²) in [7, 11) is -3.68. The van der Waals surface area contributed by atoms with Crippen LogP contribution in [0.3, 0.4) is 0 Å². The van der Waals surface area contributed by atoms with Crippen LogP contribution in [0.4, 0.5) is 0 Å². The summed E-state index contributed by atoms with van der Waals surface area (Å²) in [5.74, 6) is 0.923. The number of carbonyl (C=O) groups is 1. The van der Waals surface area contributed by atoms with Gasteiger partial charge in [-0.3, -0.25) is 4.79 Å². The highest BCUT2D eigenvalue weighted by Crippen LogP contribution is 2.27. The monoisotopic (exact) mass is 385 g/mol. The Morgan fingerprint density at radius 3 is 2.44 bits per heavy atom. The topological polar surface area (TPSA) is 78.5 Å². The van der Waals surface area contributed by atoms with Gasteiger partial charge in [-0.1, -0.05) is 36.4 Å². The number of hydrogen-bond acceptors (Lipinski definition) is 4. The Morgan fingerprint density at radius 2 is 1.74 bits per heavy atom. The second kappa shape index (κ2) is 7.42. The fourth-order valence-corrected chi connectivity index (χ4v) is 4.92. The van der Waals surface area contributed by atoms with Gasteiger partial charge in [0.25, 0.3) is 5.91 Å². The predicted octanol–water partition coefficient (Wildman–Crippen LogP) is 1.46. The lowest BCUT2D eigenvalue weighted by Crippen LogP contribution is -2.32. The predicted molar refractivity (Wildman–Crippen MR) is 103 cm³/mol. The maximum Gasteiger partial charge on any atom is 0.253 e. The smallest absolute Gasteiger partial charge is 0.253 e. The number of amides is 1. The van der Waals surface area contributed by atoms with Gasteiger partial charge in [0, 0.05) is 38.3 Å². The molecular formula is C20H23N3O3S. The van der Waals surface area contributed by atoms with E-state index in [0.29, 0.717) is 17.4 Å². The normalized spacial score (nSPS) is 22.0. The molecule has 0 spiro atoms. The molecule has 6 nitrogen and oxygen atoms in total. The number of fused-ring (bicyclic) bond motifs is 1. The molecule has 2 aromatic carbocycles. The Morgan fingerprint density at radius 1 is 1.04 bits per heavy atom. The molecule has 2 heterocycles. The van der Waals surface area contributed by atoms with Crippen LogP contribution >= 0.6 is 0 Å². The van der Waals surface area contributed by atoms with Crippen molar-refractivity contribution < 1.29 is 13.2 Å². The largest absolute Gasteiger partial charge is 0.338 e. The van der Waals surface area contributed by atoms with Crippen molar-refractivity contribution in [2.75, 3.05) is 26.2 Å². The maximum atomic E-state index is 12.8. The van der Waals surface area contributed by atoms with Gasteiger partial charge >= 0.3 is 0 Å². The average Bonchev–Trinajstić information content (AvgIpc) is 3.29. The van der Waals surface area contributed by atoms with Crippen LogP contribution in [0.1, 0.15) is 15.9 Å². The lowest BCUT2D eigenvalue weighted by atomic mass is 10.0. The first kappa shape index (κ1) is 18.2. The van der Waals surface area contributed by atoms with Crippen LogP contribution in [-0.4, -0.2) is 45.4 Å². The second-order valence-electron chi connectivity index (χ2n) is 7.23. The van der Waals surface area contributed by atoms with Gasteiger partial charge in [-0.2, -0.15) is 0 Å². The minimum Gasteiger partial charge on any atom is -0.338 e. The van der Waals surface area contributed by atoms with Crippen molar-refractivity contribution in [1.82, 2.24) is 14.9 Å². The van der Waals surface area contributed by atoms with Crippen LogP contribution in [0.15, 0.2) is 59.5 Å². The molecule has 142 valence electrons. The van der Waals surface area contributed by atoms with E-state index < -0.39 is 10.0 Å². The number of nitrogens with one attached hydrogen (secondary N) is 2. The first-order chi connectivity index (χ1) is 13.0. The zero-order valence-electron chi connectivity index (χ0n) is 15.0. The molecule has 2 fully saturated rings. The maximum absolute atomic E-state index is 12.8. The minimum atomic E-state index is -3.68. The number of benzene rings is 2. The lowest BCUT2D eigenvalue weighted by molar-refractivity contribution is 0.0781. The van der Waals surface area contributed by atoms with E-state index in [1.807, 2.05) is 35.2 Å². The van der Waals surface area contributed by atoms with E-state index in [1.165, 1.54) is 12.1 Å². The molecule has 2 saturated heterocycles. The lowest BCUT2D eigenvalue weighted by Gasteiger charge is -2.18. The summed E-state index contributed by atoms with van der Waals surface area (Å²) in [5.41, 5.74) is 1.30. The van der Waals surface area contributed by atoms with Crippen LogP contribution < -0.4 is 10.0 Å². The van der Waals surface area contributed by atoms with Gasteiger partial charge in [-0.15, -0.1) is 0 Å². The summed E-state index contributed by atoms with van der Waals surface area (Å²) in [6.07, 6.45) is 0. The highest BCUT2D eigenvalue weighted by molar-refractivity contribution is 7.89. The quantitative estimate of drug-likeness (QED) is 0.817. The molecule has 7 heteroatoms. The van der Waals surface area contributed by atoms with Crippen molar-refractivity contribution in [2.24, 2.45) is 11.8 Å². The summed E-state index contributed by atoms with van der Waals surface area (Å²) in [6.45, 7) is 3.59. The SMILES string of the molecule is O=C(c1cccc(S(=O)(=O)NCc2ccccc2)c1)N1C[C@H]2CNC[C@H]2C1. The van der Waals surface area contributed by atoms with Gasteiger partial charge < -0.3 is 10.2 Å². The molecule has 27 heavy (non-hydrogen) atoms. The van der Waals surface area contributed by atoms with Crippen LogP contribution in [0, 0.1) is 11.8 Å². The van der Waals surface area contributed by atoms with Crippen molar-refractivity contribution >= 4 is 15.9 Å². The number of sulfonamides is 1. The Balaban J connectivity index is 1.47. The number of carbonyl (C=O) groups excluding carboxylic acids is 1. The molecule has 4 rings (SSSR count). The number of nitrogens with zero attached hydrogens (tertiary/aromatic N) is 1. The first-order valence-electron chi connectivity index (χ1n) is 9.16. The Bertz CT molecular complexity index is 918. The van der Waals surface area contributed by atoms with E-state index in [4.69, 9.17) is 0 Å². The second-order valence-corrected chi connectivity index (χ2v) is 8.99. The van der Waals surface area contributed by atoms with Gasteiger partial charge in [-0.05, 0) is 35.6 Å². The third-order valence-electron chi connectivity index (χ3n) is 5.38. The van der Waals surface area contributed by atoms with Crippen LogP contribution in [0.25, 0.3) is 0 Å². The van der Waals surface area contributed by atoms with Crippen molar-refractivity contribution in [1.29, 1.82) is 0 Å². The Hall–Kier alpha value is -2.22. The fraction of sp³-hybridized carbons (Fsp3) is 0.350.